The summed E-state index contributed by atoms with van der Waals surface area (Å²) in [6, 6.07) is 6.45. The number of nitrogens with one attached hydrogen (secondary N) is 1. The molecule has 0 aliphatic carbocycles. The summed E-state index contributed by atoms with van der Waals surface area (Å²) in [7, 11) is -4.00. The fraction of sp³-hybridized carbons (Fsp3) is 0.417. The van der Waals surface area contributed by atoms with Crippen molar-refractivity contribution in [1.29, 1.82) is 0 Å². The molecule has 7 nitrogen and oxygen atoms in total. The molecule has 0 saturated carbocycles. The maximum atomic E-state index is 13.7. The Hall–Kier alpha value is -1.42. The molecule has 37 heavy (non-hydrogen) atoms. The molecule has 0 fully saturated rings. The number of nitrogens with zero attached hydrogens (tertiary/aromatic N) is 2. The number of sulfonamides is 1. The van der Waals surface area contributed by atoms with Gasteiger partial charge in [0.1, 0.15) is 12.6 Å². The van der Waals surface area contributed by atoms with Gasteiger partial charge in [0, 0.05) is 23.1 Å². The topological polar surface area (TPSA) is 86.8 Å². The molecule has 0 unspecified atom stereocenters. The first-order chi connectivity index (χ1) is 17.1. The normalized spacial score (nSPS) is 12.4. The Labute approximate surface area is 243 Å². The molecule has 0 aliphatic rings. The fourth-order valence-electron chi connectivity index (χ4n) is 3.47. The Kier molecular flexibility index (Phi) is 11.7. The summed E-state index contributed by atoms with van der Waals surface area (Å²) in [6.07, 6.45) is 1.21. The first kappa shape index (κ1) is 31.8. The van der Waals surface area contributed by atoms with Gasteiger partial charge in [-0.1, -0.05) is 84.8 Å². The molecular weight excluding hydrogens is 604 g/mol. The molecule has 2 amide bonds. The van der Waals surface area contributed by atoms with Gasteiger partial charge in [-0.25, -0.2) is 8.42 Å². The lowest BCUT2D eigenvalue weighted by atomic mass is 10.1. The monoisotopic (exact) mass is 629 g/mol. The number of anilines is 1. The summed E-state index contributed by atoms with van der Waals surface area (Å²) < 4.78 is 26.3. The minimum Gasteiger partial charge on any atom is -0.354 e. The highest BCUT2D eigenvalue weighted by molar-refractivity contribution is 7.92. The van der Waals surface area contributed by atoms with E-state index in [1.165, 1.54) is 23.1 Å². The zero-order valence-electron chi connectivity index (χ0n) is 20.7. The van der Waals surface area contributed by atoms with Gasteiger partial charge in [-0.2, -0.15) is 0 Å². The molecule has 0 saturated heterocycles. The molecule has 1 N–H and O–H groups in total. The van der Waals surface area contributed by atoms with Crippen molar-refractivity contribution in [2.75, 3.05) is 23.7 Å². The number of carbonyl (C=O) groups is 2. The van der Waals surface area contributed by atoms with E-state index < -0.39 is 28.5 Å². The van der Waals surface area contributed by atoms with E-state index in [1.54, 1.807) is 19.1 Å². The second kappa shape index (κ2) is 13.6. The van der Waals surface area contributed by atoms with Crippen molar-refractivity contribution in [1.82, 2.24) is 10.2 Å². The largest absolute Gasteiger partial charge is 0.354 e. The molecule has 0 aliphatic heterocycles. The van der Waals surface area contributed by atoms with E-state index in [2.05, 4.69) is 5.32 Å². The summed E-state index contributed by atoms with van der Waals surface area (Å²) >= 11 is 30.8. The van der Waals surface area contributed by atoms with Crippen LogP contribution in [0.4, 0.5) is 5.69 Å². The maximum absolute atomic E-state index is 13.7. The van der Waals surface area contributed by atoms with Crippen molar-refractivity contribution in [2.24, 2.45) is 5.92 Å². The third kappa shape index (κ3) is 8.80. The summed E-state index contributed by atoms with van der Waals surface area (Å²) in [6.45, 7) is 5.36. The fourth-order valence-corrected chi connectivity index (χ4v) is 5.49. The second-order valence-electron chi connectivity index (χ2n) is 8.81. The van der Waals surface area contributed by atoms with E-state index >= 15 is 0 Å². The van der Waals surface area contributed by atoms with Crippen LogP contribution in [-0.2, 0) is 26.2 Å². The highest BCUT2D eigenvalue weighted by atomic mass is 35.5. The molecule has 2 aromatic carbocycles. The third-order valence-corrected chi connectivity index (χ3v) is 8.10. The van der Waals surface area contributed by atoms with Crippen molar-refractivity contribution in [3.8, 4) is 0 Å². The molecule has 0 aromatic heterocycles. The van der Waals surface area contributed by atoms with E-state index in [9.17, 15) is 18.0 Å². The van der Waals surface area contributed by atoms with Gasteiger partial charge >= 0.3 is 0 Å². The number of halogens is 5. The predicted octanol–water partition coefficient (Wildman–Crippen LogP) is 6.30. The Morgan fingerprint density at radius 3 is 2.11 bits per heavy atom. The maximum Gasteiger partial charge on any atom is 0.244 e. The average molecular weight is 632 g/mol. The molecule has 2 aromatic rings. The van der Waals surface area contributed by atoms with Crippen LogP contribution in [0.1, 0.15) is 32.8 Å². The second-order valence-corrected chi connectivity index (χ2v) is 12.8. The van der Waals surface area contributed by atoms with Crippen molar-refractivity contribution < 1.29 is 18.0 Å². The number of benzene rings is 2. The van der Waals surface area contributed by atoms with E-state index in [-0.39, 0.29) is 45.5 Å². The lowest BCUT2D eigenvalue weighted by molar-refractivity contribution is -0.140. The highest BCUT2D eigenvalue weighted by Crippen LogP contribution is 2.36. The van der Waals surface area contributed by atoms with Crippen LogP contribution in [0.15, 0.2) is 30.3 Å². The van der Waals surface area contributed by atoms with Gasteiger partial charge in [0.25, 0.3) is 0 Å². The number of rotatable bonds is 11. The molecule has 0 bridgehead atoms. The molecule has 204 valence electrons. The van der Waals surface area contributed by atoms with Gasteiger partial charge < -0.3 is 10.2 Å². The van der Waals surface area contributed by atoms with Gasteiger partial charge in [-0.05, 0) is 42.2 Å². The average Bonchev–Trinajstić information content (AvgIpc) is 2.79. The molecule has 0 radical (unpaired) electrons. The van der Waals surface area contributed by atoms with Crippen molar-refractivity contribution >= 4 is 85.5 Å². The van der Waals surface area contributed by atoms with Gasteiger partial charge in [0.15, 0.2) is 0 Å². The Morgan fingerprint density at radius 1 is 0.946 bits per heavy atom. The van der Waals surface area contributed by atoms with Crippen LogP contribution in [0.2, 0.25) is 25.1 Å². The molecule has 2 rings (SSSR count). The van der Waals surface area contributed by atoms with Gasteiger partial charge in [-0.3, -0.25) is 13.9 Å². The third-order valence-electron chi connectivity index (χ3n) is 5.36. The zero-order valence-corrected chi connectivity index (χ0v) is 25.3. The number of hydrogen-bond donors (Lipinski definition) is 1. The first-order valence-corrected chi connectivity index (χ1v) is 15.0. The predicted molar refractivity (Wildman–Crippen MR) is 153 cm³/mol. The summed E-state index contributed by atoms with van der Waals surface area (Å²) in [5, 5.41) is 3.73. The van der Waals surface area contributed by atoms with Crippen LogP contribution < -0.4 is 9.62 Å². The van der Waals surface area contributed by atoms with Crippen LogP contribution in [-0.4, -0.2) is 50.5 Å². The van der Waals surface area contributed by atoms with E-state index in [0.29, 0.717) is 22.2 Å². The van der Waals surface area contributed by atoms with Crippen LogP contribution in [0.3, 0.4) is 0 Å². The Balaban J connectivity index is 2.53. The number of carbonyl (C=O) groups excluding carboxylic acids is 2. The highest BCUT2D eigenvalue weighted by Gasteiger charge is 2.33. The molecule has 13 heteroatoms. The molecule has 1 atom stereocenters. The first-order valence-electron chi connectivity index (χ1n) is 11.3. The molecule has 0 heterocycles. The van der Waals surface area contributed by atoms with Crippen LogP contribution in [0.5, 0.6) is 0 Å². The summed E-state index contributed by atoms with van der Waals surface area (Å²) in [5.41, 5.74) is 0.515. The van der Waals surface area contributed by atoms with Crippen molar-refractivity contribution in [3.63, 3.8) is 0 Å². The zero-order chi connectivity index (χ0) is 28.1. The van der Waals surface area contributed by atoms with Crippen molar-refractivity contribution in [2.45, 2.75) is 39.8 Å². The molecular formula is C24H28Cl5N3O4S. The summed E-state index contributed by atoms with van der Waals surface area (Å²) in [4.78, 5) is 28.1. The number of hydrogen-bond acceptors (Lipinski definition) is 4. The Morgan fingerprint density at radius 2 is 1.57 bits per heavy atom. The Bertz CT molecular complexity index is 1260. The van der Waals surface area contributed by atoms with Crippen LogP contribution in [0.25, 0.3) is 0 Å². The number of amides is 2. The lowest BCUT2D eigenvalue weighted by Gasteiger charge is -2.33. The minimum atomic E-state index is -4.00. The van der Waals surface area contributed by atoms with E-state index in [0.717, 1.165) is 10.6 Å². The quantitative estimate of drug-likeness (QED) is 0.295. The van der Waals surface area contributed by atoms with Crippen molar-refractivity contribution in [3.05, 3.63) is 61.0 Å². The van der Waals surface area contributed by atoms with Gasteiger partial charge in [0.05, 0.1) is 27.0 Å². The van der Waals surface area contributed by atoms with Crippen LogP contribution >= 0.6 is 58.0 Å². The lowest BCUT2D eigenvalue weighted by Crippen LogP contribution is -2.52. The van der Waals surface area contributed by atoms with E-state index in [4.69, 9.17) is 58.0 Å². The smallest absolute Gasteiger partial charge is 0.244 e. The minimum absolute atomic E-state index is 0.0124. The molecule has 0 spiro atoms. The van der Waals surface area contributed by atoms with Gasteiger partial charge in [0.2, 0.25) is 21.8 Å². The van der Waals surface area contributed by atoms with Gasteiger partial charge in [-0.15, -0.1) is 0 Å². The SMILES string of the molecule is CC[C@@H](C(=O)NCC(C)C)N(Cc1ccc(Cl)cc1Cl)C(=O)CN(c1cc(Cl)c(Cl)cc1Cl)S(C)(=O)=O. The summed E-state index contributed by atoms with van der Waals surface area (Å²) in [5.74, 6) is -0.827. The van der Waals surface area contributed by atoms with Crippen LogP contribution in [0, 0.1) is 5.92 Å². The standard InChI is InChI=1S/C24H28Cl5N3O4S/c1-5-21(24(34)30-11-14(2)3)31(12-15-6-7-16(25)8-17(15)26)23(33)13-32(37(4,35)36)22-10-19(28)18(27)9-20(22)29/h6-10,14,21H,5,11-13H2,1-4H3,(H,30,34)/t21-/m0/s1. The van der Waals surface area contributed by atoms with E-state index in [1.807, 2.05) is 13.8 Å².